The molecule has 2 heterocycles. The monoisotopic (exact) mass is 367 g/mol. The number of hydrogen-bond acceptors (Lipinski definition) is 7. The van der Waals surface area contributed by atoms with Gasteiger partial charge in [0.2, 0.25) is 5.16 Å². The number of benzene rings is 2. The van der Waals surface area contributed by atoms with Gasteiger partial charge in [-0.25, -0.2) is 4.98 Å². The summed E-state index contributed by atoms with van der Waals surface area (Å²) >= 11 is 3.15. The number of phenols is 1. The summed E-state index contributed by atoms with van der Waals surface area (Å²) in [5.41, 5.74) is 2.92. The Morgan fingerprint density at radius 3 is 2.64 bits per heavy atom. The van der Waals surface area contributed by atoms with Crippen molar-refractivity contribution in [1.82, 2.24) is 25.2 Å². The van der Waals surface area contributed by atoms with Crippen molar-refractivity contribution in [3.8, 4) is 22.0 Å². The highest BCUT2D eigenvalue weighted by Gasteiger charge is 2.11. The van der Waals surface area contributed by atoms with E-state index < -0.39 is 0 Å². The van der Waals surface area contributed by atoms with E-state index >= 15 is 0 Å². The zero-order chi connectivity index (χ0) is 17.1. The van der Waals surface area contributed by atoms with Gasteiger partial charge >= 0.3 is 0 Å². The second kappa shape index (κ2) is 7.04. The largest absolute Gasteiger partial charge is 0.508 e. The normalized spacial score (nSPS) is 10.9. The van der Waals surface area contributed by atoms with E-state index in [1.807, 2.05) is 18.2 Å². The smallest absolute Gasteiger partial charge is 0.214 e. The van der Waals surface area contributed by atoms with Gasteiger partial charge in [0.05, 0.1) is 11.4 Å². The quantitative estimate of drug-likeness (QED) is 0.541. The van der Waals surface area contributed by atoms with Crippen LogP contribution in [0.3, 0.4) is 0 Å². The summed E-state index contributed by atoms with van der Waals surface area (Å²) in [5, 5.41) is 25.0. The molecule has 0 atom stereocenters. The summed E-state index contributed by atoms with van der Waals surface area (Å²) in [6.45, 7) is 0. The highest BCUT2D eigenvalue weighted by Crippen LogP contribution is 2.27. The minimum Gasteiger partial charge on any atom is -0.508 e. The van der Waals surface area contributed by atoms with E-state index in [-0.39, 0.29) is 5.75 Å². The molecular formula is C17H13N5OS2. The van der Waals surface area contributed by atoms with Crippen molar-refractivity contribution in [3.05, 3.63) is 65.7 Å². The average Bonchev–Trinajstić information content (AvgIpc) is 3.31. The minimum atomic E-state index is 0.210. The summed E-state index contributed by atoms with van der Waals surface area (Å²) in [5.74, 6) is 0.892. The zero-order valence-electron chi connectivity index (χ0n) is 13.0. The first-order chi connectivity index (χ1) is 12.3. The second-order valence-electron chi connectivity index (χ2n) is 5.19. The van der Waals surface area contributed by atoms with Gasteiger partial charge < -0.3 is 5.11 Å². The first-order valence-electron chi connectivity index (χ1n) is 7.50. The van der Waals surface area contributed by atoms with E-state index in [2.05, 4.69) is 38.0 Å². The van der Waals surface area contributed by atoms with E-state index in [4.69, 9.17) is 0 Å². The highest BCUT2D eigenvalue weighted by atomic mass is 32.2. The number of aromatic hydroxyl groups is 1. The number of thioether (sulfide) groups is 1. The molecule has 1 N–H and O–H groups in total. The van der Waals surface area contributed by atoms with Crippen LogP contribution in [0.25, 0.3) is 16.3 Å². The maximum Gasteiger partial charge on any atom is 0.214 e. The second-order valence-corrected chi connectivity index (χ2v) is 6.99. The molecule has 0 fully saturated rings. The van der Waals surface area contributed by atoms with Crippen LogP contribution < -0.4 is 0 Å². The van der Waals surface area contributed by atoms with Crippen molar-refractivity contribution < 1.29 is 5.11 Å². The fraction of sp³-hybridized carbons (Fsp3) is 0.0588. The van der Waals surface area contributed by atoms with Crippen molar-refractivity contribution in [2.24, 2.45) is 0 Å². The van der Waals surface area contributed by atoms with Gasteiger partial charge in [-0.2, -0.15) is 4.68 Å². The maximum absolute atomic E-state index is 9.40. The molecule has 0 saturated carbocycles. The molecular weight excluding hydrogens is 354 g/mol. The van der Waals surface area contributed by atoms with Gasteiger partial charge in [-0.3, -0.25) is 0 Å². The Balaban J connectivity index is 1.49. The lowest BCUT2D eigenvalue weighted by atomic mass is 10.2. The molecule has 4 rings (SSSR count). The molecule has 4 aromatic rings. The van der Waals surface area contributed by atoms with Crippen LogP contribution in [0.2, 0.25) is 0 Å². The van der Waals surface area contributed by atoms with E-state index in [9.17, 15) is 5.11 Å². The average molecular weight is 367 g/mol. The van der Waals surface area contributed by atoms with Gasteiger partial charge in [0.15, 0.2) is 0 Å². The fourth-order valence-electron chi connectivity index (χ4n) is 2.25. The van der Waals surface area contributed by atoms with Crippen molar-refractivity contribution in [1.29, 1.82) is 0 Å². The van der Waals surface area contributed by atoms with Crippen LogP contribution >= 0.6 is 23.1 Å². The third-order valence-electron chi connectivity index (χ3n) is 3.46. The number of thiazole rings is 1. The SMILES string of the molecule is Oc1ccc(-n2nnnc2SCc2csc(-c3ccccc3)n2)cc1. The predicted molar refractivity (Wildman–Crippen MR) is 97.9 cm³/mol. The summed E-state index contributed by atoms with van der Waals surface area (Å²) in [7, 11) is 0. The summed E-state index contributed by atoms with van der Waals surface area (Å²) < 4.78 is 1.65. The molecule has 6 nitrogen and oxygen atoms in total. The molecule has 0 spiro atoms. The molecule has 0 aliphatic carbocycles. The molecule has 0 unspecified atom stereocenters. The minimum absolute atomic E-state index is 0.210. The van der Waals surface area contributed by atoms with Crippen molar-refractivity contribution in [3.63, 3.8) is 0 Å². The first-order valence-corrected chi connectivity index (χ1v) is 9.36. The molecule has 2 aromatic heterocycles. The Labute approximate surface area is 152 Å². The summed E-state index contributed by atoms with van der Waals surface area (Å²) in [6.07, 6.45) is 0. The van der Waals surface area contributed by atoms with Gasteiger partial charge in [0, 0.05) is 16.7 Å². The van der Waals surface area contributed by atoms with Crippen molar-refractivity contribution >= 4 is 23.1 Å². The van der Waals surface area contributed by atoms with Gasteiger partial charge in [0.1, 0.15) is 10.8 Å². The molecule has 0 amide bonds. The molecule has 0 radical (unpaired) electrons. The van der Waals surface area contributed by atoms with Gasteiger partial charge in [0.25, 0.3) is 0 Å². The van der Waals surface area contributed by atoms with Crippen LogP contribution in [0.15, 0.2) is 65.1 Å². The Kier molecular flexibility index (Phi) is 4.45. The molecule has 2 aromatic carbocycles. The lowest BCUT2D eigenvalue weighted by Gasteiger charge is -2.03. The highest BCUT2D eigenvalue weighted by molar-refractivity contribution is 7.98. The summed E-state index contributed by atoms with van der Waals surface area (Å²) in [4.78, 5) is 4.68. The van der Waals surface area contributed by atoms with Crippen molar-refractivity contribution in [2.75, 3.05) is 0 Å². The lowest BCUT2D eigenvalue weighted by molar-refractivity contribution is 0.475. The summed E-state index contributed by atoms with van der Waals surface area (Å²) in [6, 6.07) is 16.9. The van der Waals surface area contributed by atoms with Crippen LogP contribution in [0.4, 0.5) is 0 Å². The molecule has 0 aliphatic heterocycles. The number of rotatable bonds is 5. The van der Waals surface area contributed by atoms with E-state index in [1.165, 1.54) is 11.8 Å². The van der Waals surface area contributed by atoms with E-state index in [0.717, 1.165) is 22.0 Å². The van der Waals surface area contributed by atoms with Crippen LogP contribution in [-0.2, 0) is 5.75 Å². The number of phenolic OH excluding ortho intramolecular Hbond substituents is 1. The lowest BCUT2D eigenvalue weighted by Crippen LogP contribution is -1.98. The molecule has 25 heavy (non-hydrogen) atoms. The predicted octanol–water partition coefficient (Wildman–Crippen LogP) is 3.78. The van der Waals surface area contributed by atoms with Crippen LogP contribution in [0, 0.1) is 0 Å². The van der Waals surface area contributed by atoms with Crippen LogP contribution in [0.1, 0.15) is 5.69 Å². The topological polar surface area (TPSA) is 76.7 Å². The Hall–Kier alpha value is -2.71. The maximum atomic E-state index is 9.40. The third-order valence-corrected chi connectivity index (χ3v) is 5.35. The van der Waals surface area contributed by atoms with Crippen LogP contribution in [-0.4, -0.2) is 30.3 Å². The number of nitrogens with zero attached hydrogens (tertiary/aromatic N) is 5. The molecule has 0 aliphatic rings. The van der Waals surface area contributed by atoms with Crippen molar-refractivity contribution in [2.45, 2.75) is 10.9 Å². The Morgan fingerprint density at radius 2 is 1.84 bits per heavy atom. The molecule has 0 saturated heterocycles. The standard InChI is InChI=1S/C17H13N5OS2/c23-15-8-6-14(7-9-15)22-17(19-20-21-22)25-11-13-10-24-16(18-13)12-4-2-1-3-5-12/h1-10,23H,11H2. The van der Waals surface area contributed by atoms with Gasteiger partial charge in [-0.05, 0) is 34.7 Å². The fourth-order valence-corrected chi connectivity index (χ4v) is 3.96. The first kappa shape index (κ1) is 15.8. The van der Waals surface area contributed by atoms with Gasteiger partial charge in [-0.15, -0.1) is 16.4 Å². The van der Waals surface area contributed by atoms with E-state index in [0.29, 0.717) is 10.9 Å². The molecule has 8 heteroatoms. The number of tetrazole rings is 1. The Morgan fingerprint density at radius 1 is 1.04 bits per heavy atom. The molecule has 0 bridgehead atoms. The number of aromatic nitrogens is 5. The number of hydrogen-bond donors (Lipinski definition) is 1. The third kappa shape index (κ3) is 3.54. The van der Waals surface area contributed by atoms with E-state index in [1.54, 1.807) is 40.3 Å². The van der Waals surface area contributed by atoms with Gasteiger partial charge in [-0.1, -0.05) is 42.1 Å². The van der Waals surface area contributed by atoms with Crippen LogP contribution in [0.5, 0.6) is 5.75 Å². The zero-order valence-corrected chi connectivity index (χ0v) is 14.6. The molecule has 124 valence electrons. The Bertz CT molecular complexity index is 966.